The summed E-state index contributed by atoms with van der Waals surface area (Å²) in [6.07, 6.45) is 1.03. The number of hydrogen-bond acceptors (Lipinski definition) is 2. The van der Waals surface area contributed by atoms with Crippen LogP contribution in [0.25, 0.3) is 0 Å². The van der Waals surface area contributed by atoms with Gasteiger partial charge < -0.3 is 10.6 Å². The van der Waals surface area contributed by atoms with Crippen molar-refractivity contribution in [3.05, 3.63) is 65.2 Å². The van der Waals surface area contributed by atoms with Crippen molar-refractivity contribution in [2.75, 3.05) is 18.8 Å². The number of rotatable bonds is 2. The van der Waals surface area contributed by atoms with Crippen molar-refractivity contribution >= 4 is 11.6 Å². The van der Waals surface area contributed by atoms with Crippen molar-refractivity contribution in [1.82, 2.24) is 4.90 Å². The van der Waals surface area contributed by atoms with Crippen LogP contribution in [0.4, 0.5) is 5.69 Å². The Balaban J connectivity index is 1.74. The van der Waals surface area contributed by atoms with Crippen LogP contribution in [0.3, 0.4) is 0 Å². The van der Waals surface area contributed by atoms with Gasteiger partial charge in [0.25, 0.3) is 5.91 Å². The first-order valence-electron chi connectivity index (χ1n) is 7.35. The van der Waals surface area contributed by atoms with Gasteiger partial charge >= 0.3 is 0 Å². The van der Waals surface area contributed by atoms with E-state index in [2.05, 4.69) is 24.3 Å². The molecule has 2 N–H and O–H groups in total. The van der Waals surface area contributed by atoms with Gasteiger partial charge in [0.2, 0.25) is 0 Å². The minimum absolute atomic E-state index is 0.108. The van der Waals surface area contributed by atoms with Crippen LogP contribution in [0, 0.1) is 6.92 Å². The van der Waals surface area contributed by atoms with Gasteiger partial charge in [-0.3, -0.25) is 4.79 Å². The summed E-state index contributed by atoms with van der Waals surface area (Å²) in [5, 5.41) is 0. The van der Waals surface area contributed by atoms with E-state index in [9.17, 15) is 4.79 Å². The fraction of sp³-hybridized carbons (Fsp3) is 0.278. The molecular formula is C18H20N2O. The highest BCUT2D eigenvalue weighted by Crippen LogP contribution is 2.28. The van der Waals surface area contributed by atoms with Crippen molar-refractivity contribution in [3.63, 3.8) is 0 Å². The Morgan fingerprint density at radius 1 is 1.19 bits per heavy atom. The number of aryl methyl sites for hydroxylation is 1. The molecule has 0 spiro atoms. The first-order chi connectivity index (χ1) is 10.1. The number of nitrogens with two attached hydrogens (primary N) is 1. The van der Waals surface area contributed by atoms with Gasteiger partial charge in [-0.2, -0.15) is 0 Å². The number of hydrogen-bond donors (Lipinski definition) is 1. The molecule has 1 aliphatic rings. The molecule has 1 aliphatic heterocycles. The van der Waals surface area contributed by atoms with E-state index >= 15 is 0 Å². The van der Waals surface area contributed by atoms with Crippen molar-refractivity contribution in [3.8, 4) is 0 Å². The zero-order chi connectivity index (χ0) is 14.8. The first-order valence-corrected chi connectivity index (χ1v) is 7.35. The van der Waals surface area contributed by atoms with Crippen molar-refractivity contribution < 1.29 is 4.79 Å². The standard InChI is InChI=1S/C18H20N2O/c1-13-11-15(7-8-17(13)19)18(21)20-10-9-16(12-20)14-5-3-2-4-6-14/h2-8,11,16H,9-10,12,19H2,1H3. The predicted molar refractivity (Wildman–Crippen MR) is 85.3 cm³/mol. The van der Waals surface area contributed by atoms with E-state index in [0.717, 1.165) is 36.3 Å². The third-order valence-corrected chi connectivity index (χ3v) is 4.26. The number of nitrogens with zero attached hydrogens (tertiary/aromatic N) is 1. The van der Waals surface area contributed by atoms with Gasteiger partial charge in [-0.1, -0.05) is 30.3 Å². The lowest BCUT2D eigenvalue weighted by Crippen LogP contribution is -2.28. The smallest absolute Gasteiger partial charge is 0.253 e. The van der Waals surface area contributed by atoms with E-state index in [0.29, 0.717) is 5.92 Å². The van der Waals surface area contributed by atoms with Crippen LogP contribution in [-0.2, 0) is 0 Å². The minimum atomic E-state index is 0.108. The first kappa shape index (κ1) is 13.7. The van der Waals surface area contributed by atoms with Gasteiger partial charge in [-0.15, -0.1) is 0 Å². The van der Waals surface area contributed by atoms with E-state index in [4.69, 9.17) is 5.73 Å². The molecule has 108 valence electrons. The average Bonchev–Trinajstić information content (AvgIpc) is 3.00. The quantitative estimate of drug-likeness (QED) is 0.859. The van der Waals surface area contributed by atoms with Gasteiger partial charge in [0.1, 0.15) is 0 Å². The van der Waals surface area contributed by atoms with Crippen molar-refractivity contribution in [2.24, 2.45) is 0 Å². The summed E-state index contributed by atoms with van der Waals surface area (Å²) in [6, 6.07) is 15.9. The molecule has 0 saturated carbocycles. The van der Waals surface area contributed by atoms with Crippen LogP contribution < -0.4 is 5.73 Å². The molecule has 1 atom stereocenters. The second-order valence-corrected chi connectivity index (χ2v) is 5.72. The number of anilines is 1. The lowest BCUT2D eigenvalue weighted by Gasteiger charge is -2.17. The molecule has 21 heavy (non-hydrogen) atoms. The Morgan fingerprint density at radius 2 is 1.95 bits per heavy atom. The van der Waals surface area contributed by atoms with Crippen LogP contribution in [0.15, 0.2) is 48.5 Å². The molecule has 2 aromatic rings. The van der Waals surface area contributed by atoms with E-state index < -0.39 is 0 Å². The molecule has 0 radical (unpaired) electrons. The second-order valence-electron chi connectivity index (χ2n) is 5.72. The van der Waals surface area contributed by atoms with Gasteiger partial charge in [0.15, 0.2) is 0 Å². The molecule has 3 heteroatoms. The maximum Gasteiger partial charge on any atom is 0.253 e. The minimum Gasteiger partial charge on any atom is -0.399 e. The lowest BCUT2D eigenvalue weighted by atomic mass is 9.99. The largest absolute Gasteiger partial charge is 0.399 e. The number of nitrogen functional groups attached to an aromatic ring is 1. The molecular weight excluding hydrogens is 260 g/mol. The Bertz CT molecular complexity index is 652. The van der Waals surface area contributed by atoms with Crippen LogP contribution in [-0.4, -0.2) is 23.9 Å². The number of carbonyl (C=O) groups excluding carboxylic acids is 1. The predicted octanol–water partition coefficient (Wildman–Crippen LogP) is 3.21. The topological polar surface area (TPSA) is 46.3 Å². The molecule has 0 bridgehead atoms. The Labute approximate surface area is 125 Å². The van der Waals surface area contributed by atoms with Crippen LogP contribution >= 0.6 is 0 Å². The summed E-state index contributed by atoms with van der Waals surface area (Å²) < 4.78 is 0. The highest BCUT2D eigenvalue weighted by atomic mass is 16.2. The van der Waals surface area contributed by atoms with E-state index in [-0.39, 0.29) is 5.91 Å². The molecule has 0 aromatic heterocycles. The van der Waals surface area contributed by atoms with Gasteiger partial charge in [-0.05, 0) is 42.7 Å². The number of carbonyl (C=O) groups is 1. The summed E-state index contributed by atoms with van der Waals surface area (Å²) in [7, 11) is 0. The molecule has 3 rings (SSSR count). The summed E-state index contributed by atoms with van der Waals surface area (Å²) >= 11 is 0. The zero-order valence-electron chi connectivity index (χ0n) is 12.3. The fourth-order valence-electron chi connectivity index (χ4n) is 2.93. The van der Waals surface area contributed by atoms with Crippen molar-refractivity contribution in [1.29, 1.82) is 0 Å². The Kier molecular flexibility index (Phi) is 3.65. The summed E-state index contributed by atoms with van der Waals surface area (Å²) in [5.41, 5.74) is 9.56. The highest BCUT2D eigenvalue weighted by Gasteiger charge is 2.27. The van der Waals surface area contributed by atoms with Gasteiger partial charge in [-0.25, -0.2) is 0 Å². The van der Waals surface area contributed by atoms with E-state index in [1.54, 1.807) is 0 Å². The number of likely N-dealkylation sites (tertiary alicyclic amines) is 1. The van der Waals surface area contributed by atoms with E-state index in [1.807, 2.05) is 36.1 Å². The van der Waals surface area contributed by atoms with Gasteiger partial charge in [0, 0.05) is 30.3 Å². The highest BCUT2D eigenvalue weighted by molar-refractivity contribution is 5.95. The molecule has 0 aliphatic carbocycles. The summed E-state index contributed by atoms with van der Waals surface area (Å²) in [4.78, 5) is 14.5. The number of benzene rings is 2. The molecule has 1 fully saturated rings. The SMILES string of the molecule is Cc1cc(C(=O)N2CCC(c3ccccc3)C2)ccc1N. The Hall–Kier alpha value is -2.29. The van der Waals surface area contributed by atoms with E-state index in [1.165, 1.54) is 5.56 Å². The van der Waals surface area contributed by atoms with Crippen molar-refractivity contribution in [2.45, 2.75) is 19.3 Å². The molecule has 1 unspecified atom stereocenters. The maximum absolute atomic E-state index is 12.6. The Morgan fingerprint density at radius 3 is 2.67 bits per heavy atom. The zero-order valence-corrected chi connectivity index (χ0v) is 12.3. The fourth-order valence-corrected chi connectivity index (χ4v) is 2.93. The van der Waals surface area contributed by atoms with Crippen LogP contribution in [0.2, 0.25) is 0 Å². The summed E-state index contributed by atoms with van der Waals surface area (Å²) in [6.45, 7) is 3.55. The molecule has 1 saturated heterocycles. The average molecular weight is 280 g/mol. The van der Waals surface area contributed by atoms with Crippen LogP contribution in [0.5, 0.6) is 0 Å². The molecule has 2 aromatic carbocycles. The lowest BCUT2D eigenvalue weighted by molar-refractivity contribution is 0.0790. The normalized spacial score (nSPS) is 18.0. The number of amides is 1. The van der Waals surface area contributed by atoms with Crippen LogP contribution in [0.1, 0.15) is 33.8 Å². The second kappa shape index (κ2) is 5.60. The van der Waals surface area contributed by atoms with Gasteiger partial charge in [0.05, 0.1) is 0 Å². The third-order valence-electron chi connectivity index (χ3n) is 4.26. The molecule has 1 heterocycles. The monoisotopic (exact) mass is 280 g/mol. The maximum atomic E-state index is 12.6. The third kappa shape index (κ3) is 2.77. The molecule has 1 amide bonds. The molecule has 3 nitrogen and oxygen atoms in total. The summed E-state index contributed by atoms with van der Waals surface area (Å²) in [5.74, 6) is 0.557.